The lowest BCUT2D eigenvalue weighted by molar-refractivity contribution is -0.136. The monoisotopic (exact) mass is 809 g/mol. The van der Waals surface area contributed by atoms with Crippen molar-refractivity contribution < 1.29 is 33.1 Å². The average molecular weight is 810 g/mol. The Labute approximate surface area is 338 Å². The Bertz CT molecular complexity index is 2230. The van der Waals surface area contributed by atoms with Crippen LogP contribution in [0, 0.1) is 34.9 Å². The van der Waals surface area contributed by atoms with Gasteiger partial charge in [0.1, 0.15) is 23.7 Å². The Morgan fingerprint density at radius 2 is 1.60 bits per heavy atom. The van der Waals surface area contributed by atoms with E-state index < -0.39 is 35.5 Å². The van der Waals surface area contributed by atoms with Gasteiger partial charge in [0.05, 0.1) is 39.1 Å². The van der Waals surface area contributed by atoms with Gasteiger partial charge in [0.25, 0.3) is 17.7 Å². The molecule has 1 aromatic heterocycles. The fourth-order valence-corrected chi connectivity index (χ4v) is 9.63. The summed E-state index contributed by atoms with van der Waals surface area (Å²) in [6.45, 7) is 5.58. The van der Waals surface area contributed by atoms with Gasteiger partial charge in [-0.15, -0.1) is 0 Å². The molecule has 3 aromatic rings. The molecule has 0 bridgehead atoms. The summed E-state index contributed by atoms with van der Waals surface area (Å²) in [4.78, 5) is 79.9. The van der Waals surface area contributed by atoms with Crippen LogP contribution in [0.1, 0.15) is 75.2 Å². The minimum atomic E-state index is -1.10. The van der Waals surface area contributed by atoms with Crippen LogP contribution in [0.25, 0.3) is 0 Å². The fourth-order valence-electron chi connectivity index (χ4n) is 9.42. The van der Waals surface area contributed by atoms with E-state index in [2.05, 4.69) is 30.4 Å². The minimum Gasteiger partial charge on any atom is -0.490 e. The summed E-state index contributed by atoms with van der Waals surface area (Å²) < 4.78 is 21.6. The van der Waals surface area contributed by atoms with Crippen LogP contribution in [0.15, 0.2) is 42.7 Å². The summed E-state index contributed by atoms with van der Waals surface area (Å²) in [5, 5.41) is 14.7. The Morgan fingerprint density at radius 3 is 2.26 bits per heavy atom. The van der Waals surface area contributed by atoms with Crippen molar-refractivity contribution in [2.45, 2.75) is 56.7 Å². The number of aromatic nitrogens is 2. The van der Waals surface area contributed by atoms with E-state index in [-0.39, 0.29) is 47.7 Å². The van der Waals surface area contributed by atoms with E-state index >= 15 is 4.39 Å². The summed E-state index contributed by atoms with van der Waals surface area (Å²) in [5.74, 6) is -0.960. The summed E-state index contributed by atoms with van der Waals surface area (Å²) in [7, 11) is 0. The van der Waals surface area contributed by atoms with Gasteiger partial charge < -0.3 is 24.8 Å². The van der Waals surface area contributed by atoms with Crippen molar-refractivity contribution in [3.05, 3.63) is 75.8 Å². The van der Waals surface area contributed by atoms with Crippen LogP contribution in [-0.2, 0) is 9.59 Å². The number of carbonyl (C=O) groups is 5. The molecule has 6 aliphatic rings. The highest BCUT2D eigenvalue weighted by atomic mass is 35.5. The lowest BCUT2D eigenvalue weighted by Gasteiger charge is -2.41. The molecule has 58 heavy (non-hydrogen) atoms. The second kappa shape index (κ2) is 15.3. The number of halogens is 2. The highest BCUT2D eigenvalue weighted by Crippen LogP contribution is 2.39. The van der Waals surface area contributed by atoms with E-state index in [1.165, 1.54) is 6.07 Å². The zero-order chi connectivity index (χ0) is 40.2. The number of fused-ring (bicyclic) bond motifs is 2. The van der Waals surface area contributed by atoms with Crippen LogP contribution in [-0.4, -0.2) is 113 Å². The Morgan fingerprint density at radius 1 is 0.914 bits per heavy atom. The molecular formula is C41H41ClFN9O6. The number of amides is 5. The van der Waals surface area contributed by atoms with Crippen LogP contribution in [0.5, 0.6) is 5.75 Å². The average Bonchev–Trinajstić information content (AvgIpc) is 3.83. The zero-order valence-electron chi connectivity index (χ0n) is 31.5. The molecule has 2 aromatic carbocycles. The van der Waals surface area contributed by atoms with E-state index in [1.54, 1.807) is 30.6 Å². The molecule has 2 N–H and O–H groups in total. The smallest absolute Gasteiger partial charge is 0.262 e. The number of rotatable bonds is 9. The Hall–Kier alpha value is -5.66. The predicted octanol–water partition coefficient (Wildman–Crippen LogP) is 3.17. The standard InChI is InChI=1S/C41H41ClFN9O6/c42-32-9-29(4-1-23(32)12-44)58-28-5-2-27(3-6-28)47-37(54)24-13-45-41(46-14-24)51-16-22(17-51)15-49-18-25-20-50(21-26(25)19-49)35-11-31-30(10-33(35)43)39(56)52(40(31)57)34-7-8-36(53)48-38(34)55/h1,4,9-11,13-14,22,25-28,34H,2-3,5-8,15-21H2,(H,47,54)(H,48,53,55). The zero-order valence-corrected chi connectivity index (χ0v) is 32.3. The molecule has 15 nitrogen and oxygen atoms in total. The number of carbonyl (C=O) groups excluding carboxylic acids is 5. The number of imide groups is 2. The third-order valence-corrected chi connectivity index (χ3v) is 12.8. The maximum absolute atomic E-state index is 15.5. The number of ether oxygens (including phenoxy) is 1. The number of likely N-dealkylation sites (tertiary alicyclic amines) is 1. The van der Waals surface area contributed by atoms with Crippen LogP contribution in [0.2, 0.25) is 5.02 Å². The molecule has 3 unspecified atom stereocenters. The molecular weight excluding hydrogens is 769 g/mol. The molecule has 1 saturated carbocycles. The molecule has 3 atom stereocenters. The molecule has 9 rings (SSSR count). The van der Waals surface area contributed by atoms with Gasteiger partial charge in [0.15, 0.2) is 0 Å². The van der Waals surface area contributed by atoms with E-state index in [0.717, 1.165) is 69.4 Å². The fraction of sp³-hybridized carbons (Fsp3) is 0.463. The summed E-state index contributed by atoms with van der Waals surface area (Å²) in [6, 6.07) is 8.58. The number of nitrogens with one attached hydrogen (secondary N) is 2. The first-order valence-electron chi connectivity index (χ1n) is 19.8. The van der Waals surface area contributed by atoms with Gasteiger partial charge in [0, 0.05) is 82.7 Å². The van der Waals surface area contributed by atoms with Crippen LogP contribution in [0.3, 0.4) is 0 Å². The summed E-state index contributed by atoms with van der Waals surface area (Å²) in [5.41, 5.74) is 1.12. The maximum atomic E-state index is 15.5. The van der Waals surface area contributed by atoms with Crippen molar-refractivity contribution >= 4 is 52.8 Å². The molecule has 300 valence electrons. The normalized spacial score (nSPS) is 25.9. The lowest BCUT2D eigenvalue weighted by Crippen LogP contribution is -2.54. The number of piperidine rings is 1. The molecule has 5 aliphatic heterocycles. The first-order valence-corrected chi connectivity index (χ1v) is 20.2. The van der Waals surface area contributed by atoms with Crippen molar-refractivity contribution in [2.24, 2.45) is 17.8 Å². The van der Waals surface area contributed by atoms with Gasteiger partial charge in [-0.3, -0.25) is 34.2 Å². The maximum Gasteiger partial charge on any atom is 0.262 e. The van der Waals surface area contributed by atoms with E-state index in [0.29, 0.717) is 58.7 Å². The van der Waals surface area contributed by atoms with Crippen molar-refractivity contribution in [1.82, 2.24) is 30.4 Å². The van der Waals surface area contributed by atoms with Gasteiger partial charge in [-0.05, 0) is 68.2 Å². The largest absolute Gasteiger partial charge is 0.490 e. The number of hydrogen-bond donors (Lipinski definition) is 2. The molecule has 5 fully saturated rings. The minimum absolute atomic E-state index is 0.00992. The topological polar surface area (TPSA) is 181 Å². The van der Waals surface area contributed by atoms with Gasteiger partial charge in [-0.1, -0.05) is 11.6 Å². The van der Waals surface area contributed by atoms with Crippen molar-refractivity contribution in [3.63, 3.8) is 0 Å². The van der Waals surface area contributed by atoms with E-state index in [4.69, 9.17) is 21.6 Å². The number of anilines is 2. The molecule has 0 radical (unpaired) electrons. The molecule has 5 amide bonds. The van der Waals surface area contributed by atoms with Crippen LogP contribution < -0.4 is 25.2 Å². The van der Waals surface area contributed by atoms with Gasteiger partial charge >= 0.3 is 0 Å². The molecule has 1 aliphatic carbocycles. The van der Waals surface area contributed by atoms with Gasteiger partial charge in [-0.25, -0.2) is 14.4 Å². The first kappa shape index (κ1) is 37.9. The second-order valence-corrected chi connectivity index (χ2v) is 16.7. The Kier molecular flexibility index (Phi) is 9.97. The van der Waals surface area contributed by atoms with Crippen molar-refractivity contribution in [2.75, 3.05) is 55.6 Å². The van der Waals surface area contributed by atoms with Crippen LogP contribution >= 0.6 is 11.6 Å². The number of hydrogen-bond acceptors (Lipinski definition) is 12. The highest BCUT2D eigenvalue weighted by Gasteiger charge is 2.47. The van der Waals surface area contributed by atoms with Gasteiger partial charge in [0.2, 0.25) is 17.8 Å². The molecule has 6 heterocycles. The molecule has 0 spiro atoms. The second-order valence-electron chi connectivity index (χ2n) is 16.3. The predicted molar refractivity (Wildman–Crippen MR) is 207 cm³/mol. The molecule has 17 heteroatoms. The number of benzene rings is 2. The molecule has 4 saturated heterocycles. The van der Waals surface area contributed by atoms with Crippen molar-refractivity contribution in [3.8, 4) is 11.8 Å². The van der Waals surface area contributed by atoms with E-state index in [9.17, 15) is 24.0 Å². The van der Waals surface area contributed by atoms with Gasteiger partial charge in [-0.2, -0.15) is 5.26 Å². The summed E-state index contributed by atoms with van der Waals surface area (Å²) >= 11 is 6.14. The van der Waals surface area contributed by atoms with E-state index in [1.807, 2.05) is 11.0 Å². The Balaban J connectivity index is 0.711. The van der Waals surface area contributed by atoms with Crippen molar-refractivity contribution in [1.29, 1.82) is 5.26 Å². The third kappa shape index (κ3) is 7.21. The highest BCUT2D eigenvalue weighted by molar-refractivity contribution is 6.31. The number of nitriles is 1. The SMILES string of the molecule is N#Cc1ccc(OC2CCC(NC(=O)c3cnc(N4CC(CN5CC6CN(c7cc8c(cc7F)C(=O)N(C7CCC(=O)NC7=O)C8=O)CC6C5)C4)nc3)CC2)cc1Cl. The van der Waals surface area contributed by atoms with Crippen LogP contribution in [0.4, 0.5) is 16.0 Å². The third-order valence-electron chi connectivity index (χ3n) is 12.4. The number of nitrogens with zero attached hydrogens (tertiary/aromatic N) is 7. The first-order chi connectivity index (χ1) is 28.0. The lowest BCUT2D eigenvalue weighted by atomic mass is 9.92. The summed E-state index contributed by atoms with van der Waals surface area (Å²) in [6.07, 6.45) is 6.34. The quantitative estimate of drug-likeness (QED) is 0.302.